The third-order valence-electron chi connectivity index (χ3n) is 3.72. The molecule has 2 rings (SSSR count). The summed E-state index contributed by atoms with van der Waals surface area (Å²) < 4.78 is 5.18. The van der Waals surface area contributed by atoms with Gasteiger partial charge in [-0.05, 0) is 25.2 Å². The first kappa shape index (κ1) is 12.9. The summed E-state index contributed by atoms with van der Waals surface area (Å²) in [4.78, 5) is 20.7. The highest BCUT2D eigenvalue weighted by Crippen LogP contribution is 2.26. The minimum absolute atomic E-state index is 0.209. The molecule has 0 saturated carbocycles. The second-order valence-electron chi connectivity index (χ2n) is 4.78. The van der Waals surface area contributed by atoms with Crippen LogP contribution in [0.4, 0.5) is 5.82 Å². The summed E-state index contributed by atoms with van der Waals surface area (Å²) in [5.41, 5.74) is -0.209. The molecule has 1 aromatic rings. The molecule has 1 N–H and O–H groups in total. The van der Waals surface area contributed by atoms with E-state index in [1.165, 1.54) is 26.3 Å². The van der Waals surface area contributed by atoms with Crippen LogP contribution in [0.15, 0.2) is 11.1 Å². The normalized spacial score (nSPS) is 20.6. The number of ether oxygens (including phenoxy) is 1. The fourth-order valence-corrected chi connectivity index (χ4v) is 2.57. The molecule has 2 heterocycles. The van der Waals surface area contributed by atoms with Crippen LogP contribution >= 0.6 is 0 Å². The predicted octanol–water partition coefficient (Wildman–Crippen LogP) is 1.79. The van der Waals surface area contributed by atoms with Crippen LogP contribution < -0.4 is 15.2 Å². The van der Waals surface area contributed by atoms with E-state index in [1.807, 2.05) is 0 Å². The molecule has 0 spiro atoms. The van der Waals surface area contributed by atoms with Crippen molar-refractivity contribution in [2.75, 3.05) is 25.1 Å². The number of H-pyrrole nitrogens is 1. The van der Waals surface area contributed by atoms with Gasteiger partial charge in [-0.25, -0.2) is 4.98 Å². The van der Waals surface area contributed by atoms with E-state index in [0.717, 1.165) is 31.8 Å². The van der Waals surface area contributed by atoms with Crippen molar-refractivity contribution >= 4 is 5.82 Å². The second kappa shape index (κ2) is 5.89. The van der Waals surface area contributed by atoms with Gasteiger partial charge < -0.3 is 14.6 Å². The molecule has 18 heavy (non-hydrogen) atoms. The van der Waals surface area contributed by atoms with E-state index in [1.54, 1.807) is 0 Å². The lowest BCUT2D eigenvalue weighted by molar-refractivity contribution is 0.405. The van der Waals surface area contributed by atoms with Crippen LogP contribution in [0.1, 0.15) is 32.6 Å². The van der Waals surface area contributed by atoms with Crippen LogP contribution in [-0.2, 0) is 0 Å². The van der Waals surface area contributed by atoms with Gasteiger partial charge in [0, 0.05) is 13.1 Å². The zero-order valence-electron chi connectivity index (χ0n) is 11.1. The lowest BCUT2D eigenvalue weighted by atomic mass is 9.98. The Bertz CT molecular complexity index is 444. The number of hydrogen-bond acceptors (Lipinski definition) is 4. The van der Waals surface area contributed by atoms with Gasteiger partial charge in [0.05, 0.1) is 13.4 Å². The zero-order valence-corrected chi connectivity index (χ0v) is 11.1. The Morgan fingerprint density at radius 3 is 3.06 bits per heavy atom. The van der Waals surface area contributed by atoms with E-state index in [0.29, 0.717) is 11.6 Å². The van der Waals surface area contributed by atoms with Crippen LogP contribution in [0.3, 0.4) is 0 Å². The summed E-state index contributed by atoms with van der Waals surface area (Å²) in [7, 11) is 1.52. The number of anilines is 1. The van der Waals surface area contributed by atoms with Crippen molar-refractivity contribution in [2.24, 2.45) is 5.92 Å². The van der Waals surface area contributed by atoms with E-state index in [9.17, 15) is 4.79 Å². The van der Waals surface area contributed by atoms with E-state index in [2.05, 4.69) is 21.8 Å². The topological polar surface area (TPSA) is 58.2 Å². The molecular formula is C13H21N3O2. The van der Waals surface area contributed by atoms with Crippen molar-refractivity contribution < 1.29 is 4.74 Å². The highest BCUT2D eigenvalue weighted by molar-refractivity contribution is 5.50. The highest BCUT2D eigenvalue weighted by Gasteiger charge is 2.20. The summed E-state index contributed by atoms with van der Waals surface area (Å²) in [5, 5.41) is 0. The van der Waals surface area contributed by atoms with Crippen molar-refractivity contribution in [1.29, 1.82) is 0 Å². The number of methoxy groups -OCH3 is 1. The third-order valence-corrected chi connectivity index (χ3v) is 3.72. The molecule has 1 fully saturated rings. The molecule has 0 radical (unpaired) electrons. The Kier molecular flexibility index (Phi) is 4.23. The fraction of sp³-hybridized carbons (Fsp3) is 0.692. The molecule has 0 aromatic carbocycles. The van der Waals surface area contributed by atoms with Gasteiger partial charge in [-0.2, -0.15) is 0 Å². The summed E-state index contributed by atoms with van der Waals surface area (Å²) in [6, 6.07) is 0. The van der Waals surface area contributed by atoms with Gasteiger partial charge in [0.25, 0.3) is 5.56 Å². The molecule has 1 aliphatic rings. The molecule has 1 unspecified atom stereocenters. The Morgan fingerprint density at radius 2 is 2.33 bits per heavy atom. The van der Waals surface area contributed by atoms with Crippen molar-refractivity contribution in [3.05, 3.63) is 16.7 Å². The Morgan fingerprint density at radius 1 is 1.50 bits per heavy atom. The van der Waals surface area contributed by atoms with Crippen molar-refractivity contribution in [1.82, 2.24) is 9.97 Å². The van der Waals surface area contributed by atoms with Crippen molar-refractivity contribution in [3.8, 4) is 5.75 Å². The number of nitrogens with zero attached hydrogens (tertiary/aromatic N) is 2. The Balaban J connectivity index is 2.21. The van der Waals surface area contributed by atoms with Gasteiger partial charge in [0.1, 0.15) is 0 Å². The third kappa shape index (κ3) is 2.66. The Hall–Kier alpha value is -1.52. The van der Waals surface area contributed by atoms with Crippen LogP contribution in [0, 0.1) is 5.92 Å². The molecule has 1 aromatic heterocycles. The molecule has 0 bridgehead atoms. The molecular weight excluding hydrogens is 230 g/mol. The molecule has 0 aliphatic carbocycles. The molecule has 5 heteroatoms. The molecule has 1 atom stereocenters. The zero-order chi connectivity index (χ0) is 13.0. The number of nitrogens with one attached hydrogen (secondary N) is 1. The highest BCUT2D eigenvalue weighted by atomic mass is 16.5. The smallest absolute Gasteiger partial charge is 0.295 e. The van der Waals surface area contributed by atoms with Gasteiger partial charge in [-0.1, -0.05) is 13.3 Å². The monoisotopic (exact) mass is 251 g/mol. The number of rotatable bonds is 3. The summed E-state index contributed by atoms with van der Waals surface area (Å²) in [6.45, 7) is 4.14. The largest absolute Gasteiger partial charge is 0.489 e. The Labute approximate surface area is 107 Å². The van der Waals surface area contributed by atoms with E-state index >= 15 is 0 Å². The fourth-order valence-electron chi connectivity index (χ4n) is 2.57. The standard InChI is InChI=1S/C13H21N3O2/c1-3-10-5-4-7-16(8-6-10)12-11(18-2)13(17)15-9-14-12/h9-10H,3-8H2,1-2H3,(H,14,15,17). The maximum atomic E-state index is 11.7. The number of aromatic amines is 1. The van der Waals surface area contributed by atoms with Crippen molar-refractivity contribution in [3.63, 3.8) is 0 Å². The maximum Gasteiger partial charge on any atom is 0.295 e. The van der Waals surface area contributed by atoms with Gasteiger partial charge in [0.2, 0.25) is 5.75 Å². The van der Waals surface area contributed by atoms with Crippen LogP contribution in [-0.4, -0.2) is 30.2 Å². The minimum Gasteiger partial charge on any atom is -0.489 e. The van der Waals surface area contributed by atoms with Crippen molar-refractivity contribution in [2.45, 2.75) is 32.6 Å². The SMILES string of the molecule is CCC1CCCN(c2nc[nH]c(=O)c2OC)CC1. The number of aromatic nitrogens is 2. The number of hydrogen-bond donors (Lipinski definition) is 1. The summed E-state index contributed by atoms with van der Waals surface area (Å²) in [5.74, 6) is 1.80. The lowest BCUT2D eigenvalue weighted by Gasteiger charge is -2.22. The van der Waals surface area contributed by atoms with Crippen LogP contribution in [0.25, 0.3) is 0 Å². The minimum atomic E-state index is -0.209. The average molecular weight is 251 g/mol. The lowest BCUT2D eigenvalue weighted by Crippen LogP contribution is -2.28. The van der Waals surface area contributed by atoms with E-state index in [4.69, 9.17) is 4.74 Å². The second-order valence-corrected chi connectivity index (χ2v) is 4.78. The first-order valence-electron chi connectivity index (χ1n) is 6.62. The molecule has 5 nitrogen and oxygen atoms in total. The first-order chi connectivity index (χ1) is 8.76. The first-order valence-corrected chi connectivity index (χ1v) is 6.62. The van der Waals surface area contributed by atoms with Crippen LogP contribution in [0.2, 0.25) is 0 Å². The maximum absolute atomic E-state index is 11.7. The quantitative estimate of drug-likeness (QED) is 0.890. The molecule has 0 amide bonds. The van der Waals surface area contributed by atoms with Gasteiger partial charge in [0.15, 0.2) is 5.82 Å². The van der Waals surface area contributed by atoms with E-state index < -0.39 is 0 Å². The summed E-state index contributed by atoms with van der Waals surface area (Å²) >= 11 is 0. The van der Waals surface area contributed by atoms with Gasteiger partial charge in [-0.3, -0.25) is 4.79 Å². The van der Waals surface area contributed by atoms with E-state index in [-0.39, 0.29) is 5.56 Å². The predicted molar refractivity (Wildman–Crippen MR) is 71.3 cm³/mol. The van der Waals surface area contributed by atoms with Gasteiger partial charge >= 0.3 is 0 Å². The molecule has 100 valence electrons. The van der Waals surface area contributed by atoms with Crippen LogP contribution in [0.5, 0.6) is 5.75 Å². The molecule has 1 saturated heterocycles. The average Bonchev–Trinajstić information content (AvgIpc) is 2.63. The molecule has 1 aliphatic heterocycles. The summed E-state index contributed by atoms with van der Waals surface area (Å²) in [6.07, 6.45) is 6.25. The van der Waals surface area contributed by atoms with Gasteiger partial charge in [-0.15, -0.1) is 0 Å².